The maximum atomic E-state index is 11.4. The molecule has 0 saturated carbocycles. The van der Waals surface area contributed by atoms with Crippen LogP contribution < -0.4 is 4.31 Å². The molecule has 1 aromatic carbocycles. The van der Waals surface area contributed by atoms with E-state index in [-0.39, 0.29) is 0 Å². The molecule has 0 saturated heterocycles. The number of rotatable bonds is 2. The van der Waals surface area contributed by atoms with Crippen LogP contribution in [0.4, 0.5) is 5.69 Å². The second-order valence-electron chi connectivity index (χ2n) is 2.96. The van der Waals surface area contributed by atoms with E-state index in [2.05, 4.69) is 0 Å². The zero-order chi connectivity index (χ0) is 10.8. The predicted molar refractivity (Wildman–Crippen MR) is 56.3 cm³/mol. The van der Waals surface area contributed by atoms with Crippen molar-refractivity contribution < 1.29 is 4.21 Å². The van der Waals surface area contributed by atoms with Crippen LogP contribution in [0, 0.1) is 16.1 Å². The van der Waals surface area contributed by atoms with E-state index >= 15 is 0 Å². The normalized spacial score (nSPS) is 14.1. The lowest BCUT2D eigenvalue weighted by Crippen LogP contribution is -2.23. The second kappa shape index (κ2) is 3.68. The van der Waals surface area contributed by atoms with Gasteiger partial charge in [0.05, 0.1) is 17.3 Å². The summed E-state index contributed by atoms with van der Waals surface area (Å²) in [6, 6.07) is 8.69. The van der Waals surface area contributed by atoms with Gasteiger partial charge in [-0.2, -0.15) is 5.26 Å². The molecule has 14 heavy (non-hydrogen) atoms. The number of nitrogens with zero attached hydrogens (tertiary/aromatic N) is 2. The number of benzene rings is 1. The predicted octanol–water partition coefficient (Wildman–Crippen LogP) is 1.59. The summed E-state index contributed by atoms with van der Waals surface area (Å²) in [5.74, 6) is 0. The van der Waals surface area contributed by atoms with Crippen LogP contribution in [-0.4, -0.2) is 17.5 Å². The largest absolute Gasteiger partial charge is 0.289 e. The van der Waals surface area contributed by atoms with Crippen molar-refractivity contribution in [2.45, 2.75) is 0 Å². The highest BCUT2D eigenvalue weighted by Crippen LogP contribution is 2.16. The van der Waals surface area contributed by atoms with E-state index in [0.29, 0.717) is 11.3 Å². The SMILES string of the molecule is CN(c1cccc(C#N)c1)S(C)(=N)=O. The van der Waals surface area contributed by atoms with E-state index in [0.717, 1.165) is 0 Å². The van der Waals surface area contributed by atoms with Gasteiger partial charge in [0, 0.05) is 13.3 Å². The molecule has 1 atom stereocenters. The van der Waals surface area contributed by atoms with Crippen molar-refractivity contribution >= 4 is 15.6 Å². The van der Waals surface area contributed by atoms with Crippen molar-refractivity contribution in [3.8, 4) is 6.07 Å². The van der Waals surface area contributed by atoms with Gasteiger partial charge >= 0.3 is 0 Å². The molecule has 0 heterocycles. The summed E-state index contributed by atoms with van der Waals surface area (Å²) in [4.78, 5) is 0. The van der Waals surface area contributed by atoms with E-state index in [1.807, 2.05) is 6.07 Å². The molecular formula is C9H11N3OS. The van der Waals surface area contributed by atoms with Crippen LogP contribution in [0.3, 0.4) is 0 Å². The smallest absolute Gasteiger partial charge is 0.125 e. The average Bonchev–Trinajstić information content (AvgIpc) is 2.15. The van der Waals surface area contributed by atoms with Crippen LogP contribution in [0.25, 0.3) is 0 Å². The van der Waals surface area contributed by atoms with Crippen molar-refractivity contribution in [2.24, 2.45) is 0 Å². The number of hydrogen-bond donors (Lipinski definition) is 1. The Morgan fingerprint density at radius 2 is 2.21 bits per heavy atom. The summed E-state index contributed by atoms with van der Waals surface area (Å²) in [7, 11) is -1.18. The zero-order valence-corrected chi connectivity index (χ0v) is 8.84. The van der Waals surface area contributed by atoms with Crippen molar-refractivity contribution in [1.29, 1.82) is 10.0 Å². The summed E-state index contributed by atoms with van der Waals surface area (Å²) in [6.07, 6.45) is 1.34. The maximum Gasteiger partial charge on any atom is 0.125 e. The molecule has 0 aromatic heterocycles. The summed E-state index contributed by atoms with van der Waals surface area (Å²) in [6.45, 7) is 0. The van der Waals surface area contributed by atoms with E-state index in [1.165, 1.54) is 10.6 Å². The molecule has 0 fully saturated rings. The van der Waals surface area contributed by atoms with E-state index in [1.54, 1.807) is 31.3 Å². The van der Waals surface area contributed by atoms with Gasteiger partial charge in [-0.3, -0.25) is 4.31 Å². The molecule has 0 spiro atoms. The fourth-order valence-electron chi connectivity index (χ4n) is 0.972. The first-order chi connectivity index (χ1) is 6.45. The third-order valence-corrected chi connectivity index (χ3v) is 3.12. The molecule has 1 N–H and O–H groups in total. The van der Waals surface area contributed by atoms with Gasteiger partial charge in [0.1, 0.15) is 9.92 Å². The highest BCUT2D eigenvalue weighted by atomic mass is 32.2. The minimum absolute atomic E-state index is 0.498. The lowest BCUT2D eigenvalue weighted by molar-refractivity contribution is 0.677. The number of nitrogens with one attached hydrogen (secondary N) is 1. The molecule has 1 unspecified atom stereocenters. The van der Waals surface area contributed by atoms with Crippen molar-refractivity contribution in [3.63, 3.8) is 0 Å². The monoisotopic (exact) mass is 209 g/mol. The number of hydrogen-bond acceptors (Lipinski definition) is 3. The molecule has 74 valence electrons. The molecule has 5 heteroatoms. The Hall–Kier alpha value is -1.54. The molecule has 0 aliphatic heterocycles. The Morgan fingerprint density at radius 3 is 2.71 bits per heavy atom. The minimum Gasteiger partial charge on any atom is -0.289 e. The topological polar surface area (TPSA) is 68.0 Å². The summed E-state index contributed by atoms with van der Waals surface area (Å²) >= 11 is 0. The Bertz CT molecular complexity index is 473. The van der Waals surface area contributed by atoms with Gasteiger partial charge in [-0.1, -0.05) is 6.07 Å². The molecule has 0 aliphatic rings. The van der Waals surface area contributed by atoms with Crippen molar-refractivity contribution in [2.75, 3.05) is 17.6 Å². The zero-order valence-electron chi connectivity index (χ0n) is 8.02. The van der Waals surface area contributed by atoms with Crippen LogP contribution in [0.15, 0.2) is 24.3 Å². The molecule has 4 nitrogen and oxygen atoms in total. The van der Waals surface area contributed by atoms with Crippen LogP contribution in [0.2, 0.25) is 0 Å². The lowest BCUT2D eigenvalue weighted by Gasteiger charge is -2.18. The highest BCUT2D eigenvalue weighted by molar-refractivity contribution is 7.93. The van der Waals surface area contributed by atoms with Crippen molar-refractivity contribution in [3.05, 3.63) is 29.8 Å². The minimum atomic E-state index is -2.76. The standard InChI is InChI=1S/C9H11N3OS/c1-12(14(2,11)13)9-5-3-4-8(6-9)7-10/h3-6,11H,1-2H3. The summed E-state index contributed by atoms with van der Waals surface area (Å²) < 4.78 is 20.1. The fraction of sp³-hybridized carbons (Fsp3) is 0.222. The van der Waals surface area contributed by atoms with Crippen LogP contribution in [0.1, 0.15) is 5.56 Å². The molecular weight excluding hydrogens is 198 g/mol. The van der Waals surface area contributed by atoms with Gasteiger partial charge in [0.15, 0.2) is 0 Å². The molecule has 0 aliphatic carbocycles. The molecule has 0 bridgehead atoms. The average molecular weight is 209 g/mol. The summed E-state index contributed by atoms with van der Waals surface area (Å²) in [5, 5.41) is 8.66. The van der Waals surface area contributed by atoms with E-state index < -0.39 is 9.92 Å². The Kier molecular flexibility index (Phi) is 2.77. The number of anilines is 1. The van der Waals surface area contributed by atoms with Gasteiger partial charge in [-0.15, -0.1) is 0 Å². The molecule has 0 amide bonds. The van der Waals surface area contributed by atoms with Crippen molar-refractivity contribution in [1.82, 2.24) is 0 Å². The van der Waals surface area contributed by atoms with Gasteiger partial charge in [0.25, 0.3) is 0 Å². The van der Waals surface area contributed by atoms with Gasteiger partial charge in [-0.25, -0.2) is 8.99 Å². The fourth-order valence-corrected chi connectivity index (χ4v) is 1.49. The highest BCUT2D eigenvalue weighted by Gasteiger charge is 2.08. The lowest BCUT2D eigenvalue weighted by atomic mass is 10.2. The van der Waals surface area contributed by atoms with Gasteiger partial charge in [0.2, 0.25) is 0 Å². The Morgan fingerprint density at radius 1 is 1.57 bits per heavy atom. The first-order valence-electron chi connectivity index (χ1n) is 3.93. The van der Waals surface area contributed by atoms with Crippen LogP contribution in [-0.2, 0) is 9.92 Å². The quantitative estimate of drug-likeness (QED) is 0.803. The van der Waals surface area contributed by atoms with Gasteiger partial charge in [-0.05, 0) is 18.2 Å². The summed E-state index contributed by atoms with van der Waals surface area (Å²) in [5.41, 5.74) is 1.12. The van der Waals surface area contributed by atoms with E-state index in [9.17, 15) is 4.21 Å². The van der Waals surface area contributed by atoms with Gasteiger partial charge < -0.3 is 0 Å². The van der Waals surface area contributed by atoms with Crippen LogP contribution >= 0.6 is 0 Å². The first-order valence-corrected chi connectivity index (χ1v) is 5.85. The Balaban J connectivity index is 3.16. The van der Waals surface area contributed by atoms with Crippen LogP contribution in [0.5, 0.6) is 0 Å². The molecule has 1 aromatic rings. The maximum absolute atomic E-state index is 11.4. The third kappa shape index (κ3) is 2.24. The third-order valence-electron chi connectivity index (χ3n) is 1.86. The number of nitriles is 1. The molecule has 0 radical (unpaired) electrons. The molecule has 1 rings (SSSR count). The Labute approximate surface area is 83.9 Å². The first kappa shape index (κ1) is 10.5. The van der Waals surface area contributed by atoms with E-state index in [4.69, 9.17) is 10.0 Å². The second-order valence-corrected chi connectivity index (χ2v) is 5.11.